The van der Waals surface area contributed by atoms with E-state index in [-0.39, 0.29) is 0 Å². The van der Waals surface area contributed by atoms with Gasteiger partial charge < -0.3 is 5.32 Å². The molecule has 5 nitrogen and oxygen atoms in total. The maximum absolute atomic E-state index is 4.48. The lowest BCUT2D eigenvalue weighted by Gasteiger charge is -2.15. The van der Waals surface area contributed by atoms with Gasteiger partial charge in [0.15, 0.2) is 0 Å². The SMILES string of the molecule is CCCNc1ncnc(-n2cnc(C)c2C)c1CCC. The van der Waals surface area contributed by atoms with Crippen LogP contribution in [0, 0.1) is 13.8 Å². The molecule has 0 aromatic carbocycles. The zero-order valence-corrected chi connectivity index (χ0v) is 12.8. The Labute approximate surface area is 120 Å². The highest BCUT2D eigenvalue weighted by molar-refractivity contribution is 5.52. The summed E-state index contributed by atoms with van der Waals surface area (Å²) in [4.78, 5) is 13.3. The number of hydrogen-bond acceptors (Lipinski definition) is 4. The van der Waals surface area contributed by atoms with E-state index in [1.807, 2.05) is 13.3 Å². The molecule has 0 saturated carbocycles. The molecular weight excluding hydrogens is 250 g/mol. The second kappa shape index (κ2) is 6.50. The van der Waals surface area contributed by atoms with Gasteiger partial charge in [0.2, 0.25) is 0 Å². The molecule has 2 heterocycles. The van der Waals surface area contributed by atoms with Gasteiger partial charge in [0.05, 0.1) is 5.69 Å². The third-order valence-electron chi connectivity index (χ3n) is 3.45. The predicted molar refractivity (Wildman–Crippen MR) is 81.4 cm³/mol. The molecule has 0 aliphatic carbocycles. The number of nitrogens with zero attached hydrogens (tertiary/aromatic N) is 4. The van der Waals surface area contributed by atoms with E-state index in [1.165, 1.54) is 5.56 Å². The molecule has 5 heteroatoms. The van der Waals surface area contributed by atoms with Gasteiger partial charge in [0.25, 0.3) is 0 Å². The van der Waals surface area contributed by atoms with Crippen molar-refractivity contribution < 1.29 is 0 Å². The van der Waals surface area contributed by atoms with E-state index >= 15 is 0 Å². The fraction of sp³-hybridized carbons (Fsp3) is 0.533. The number of aromatic nitrogens is 4. The Balaban J connectivity index is 2.48. The van der Waals surface area contributed by atoms with Gasteiger partial charge in [-0.05, 0) is 26.7 Å². The van der Waals surface area contributed by atoms with Crippen LogP contribution in [0.3, 0.4) is 0 Å². The lowest BCUT2D eigenvalue weighted by atomic mass is 10.1. The first-order chi connectivity index (χ1) is 9.69. The number of anilines is 1. The molecular formula is C15H23N5. The predicted octanol–water partition coefficient (Wildman–Crippen LogP) is 3.05. The van der Waals surface area contributed by atoms with Crippen molar-refractivity contribution in [3.8, 4) is 5.82 Å². The van der Waals surface area contributed by atoms with Crippen molar-refractivity contribution in [2.75, 3.05) is 11.9 Å². The summed E-state index contributed by atoms with van der Waals surface area (Å²) in [5.41, 5.74) is 3.33. The summed E-state index contributed by atoms with van der Waals surface area (Å²) in [7, 11) is 0. The number of nitrogens with one attached hydrogen (secondary N) is 1. The smallest absolute Gasteiger partial charge is 0.146 e. The number of rotatable bonds is 6. The van der Waals surface area contributed by atoms with Gasteiger partial charge in [-0.25, -0.2) is 15.0 Å². The molecule has 0 aliphatic rings. The summed E-state index contributed by atoms with van der Waals surface area (Å²) in [6.45, 7) is 9.33. The van der Waals surface area contributed by atoms with Crippen LogP contribution in [0.1, 0.15) is 43.6 Å². The lowest BCUT2D eigenvalue weighted by Crippen LogP contribution is -2.11. The summed E-state index contributed by atoms with van der Waals surface area (Å²) in [5.74, 6) is 1.89. The molecule has 0 radical (unpaired) electrons. The van der Waals surface area contributed by atoms with Crippen molar-refractivity contribution in [3.63, 3.8) is 0 Å². The minimum absolute atomic E-state index is 0.926. The summed E-state index contributed by atoms with van der Waals surface area (Å²) in [6, 6.07) is 0. The molecule has 2 rings (SSSR count). The topological polar surface area (TPSA) is 55.6 Å². The first kappa shape index (κ1) is 14.5. The van der Waals surface area contributed by atoms with Crippen LogP contribution in [0.25, 0.3) is 5.82 Å². The van der Waals surface area contributed by atoms with Gasteiger partial charge in [-0.3, -0.25) is 4.57 Å². The van der Waals surface area contributed by atoms with E-state index in [0.29, 0.717) is 0 Å². The fourth-order valence-corrected chi connectivity index (χ4v) is 2.20. The molecule has 0 unspecified atom stereocenters. The highest BCUT2D eigenvalue weighted by Gasteiger charge is 2.14. The second-order valence-electron chi connectivity index (χ2n) is 4.99. The third kappa shape index (κ3) is 2.81. The van der Waals surface area contributed by atoms with Gasteiger partial charge in [-0.2, -0.15) is 0 Å². The lowest BCUT2D eigenvalue weighted by molar-refractivity contribution is 0.844. The largest absolute Gasteiger partial charge is 0.370 e. The first-order valence-electron chi connectivity index (χ1n) is 7.27. The maximum Gasteiger partial charge on any atom is 0.146 e. The minimum atomic E-state index is 0.926. The summed E-state index contributed by atoms with van der Waals surface area (Å²) in [6.07, 6.45) is 6.57. The van der Waals surface area contributed by atoms with Gasteiger partial charge in [0, 0.05) is 17.8 Å². The van der Waals surface area contributed by atoms with E-state index in [9.17, 15) is 0 Å². The quantitative estimate of drug-likeness (QED) is 0.879. The molecule has 108 valence electrons. The highest BCUT2D eigenvalue weighted by atomic mass is 15.1. The van der Waals surface area contributed by atoms with Gasteiger partial charge in [-0.1, -0.05) is 20.3 Å². The average molecular weight is 273 g/mol. The Morgan fingerprint density at radius 3 is 2.50 bits per heavy atom. The minimum Gasteiger partial charge on any atom is -0.370 e. The monoisotopic (exact) mass is 273 g/mol. The van der Waals surface area contributed by atoms with E-state index in [0.717, 1.165) is 48.8 Å². The van der Waals surface area contributed by atoms with Crippen molar-refractivity contribution in [2.45, 2.75) is 47.0 Å². The summed E-state index contributed by atoms with van der Waals surface area (Å²) in [5, 5.41) is 3.40. The molecule has 20 heavy (non-hydrogen) atoms. The Kier molecular flexibility index (Phi) is 4.71. The van der Waals surface area contributed by atoms with Gasteiger partial charge in [-0.15, -0.1) is 0 Å². The molecule has 0 fully saturated rings. The maximum atomic E-state index is 4.48. The molecule has 0 aliphatic heterocycles. The molecule has 2 aromatic heterocycles. The van der Waals surface area contributed by atoms with Crippen molar-refractivity contribution in [2.24, 2.45) is 0 Å². The third-order valence-corrected chi connectivity index (χ3v) is 3.45. The number of hydrogen-bond donors (Lipinski definition) is 1. The normalized spacial score (nSPS) is 10.8. The van der Waals surface area contributed by atoms with Crippen LogP contribution >= 0.6 is 0 Å². The molecule has 0 atom stereocenters. The van der Waals surface area contributed by atoms with Crippen molar-refractivity contribution >= 4 is 5.82 Å². The summed E-state index contributed by atoms with van der Waals surface area (Å²) >= 11 is 0. The van der Waals surface area contributed by atoms with Crippen molar-refractivity contribution in [1.82, 2.24) is 19.5 Å². The number of imidazole rings is 1. The Morgan fingerprint density at radius 1 is 1.10 bits per heavy atom. The molecule has 0 spiro atoms. The Morgan fingerprint density at radius 2 is 1.90 bits per heavy atom. The van der Waals surface area contributed by atoms with E-state index in [4.69, 9.17) is 0 Å². The molecule has 0 amide bonds. The molecule has 0 saturated heterocycles. The average Bonchev–Trinajstić information content (AvgIpc) is 2.78. The highest BCUT2D eigenvalue weighted by Crippen LogP contribution is 2.22. The second-order valence-corrected chi connectivity index (χ2v) is 4.99. The van der Waals surface area contributed by atoms with Crippen LogP contribution in [-0.4, -0.2) is 26.1 Å². The Hall–Kier alpha value is -1.91. The van der Waals surface area contributed by atoms with Gasteiger partial charge >= 0.3 is 0 Å². The standard InChI is InChI=1S/C15H23N5/c1-5-7-13-14(16-8-6-2)17-9-18-15(13)20-10-19-11(3)12(20)4/h9-10H,5-8H2,1-4H3,(H,16,17,18). The summed E-state index contributed by atoms with van der Waals surface area (Å²) < 4.78 is 2.05. The molecule has 0 bridgehead atoms. The zero-order chi connectivity index (χ0) is 14.5. The van der Waals surface area contributed by atoms with Crippen molar-refractivity contribution in [1.29, 1.82) is 0 Å². The zero-order valence-electron chi connectivity index (χ0n) is 12.8. The Bertz CT molecular complexity index is 574. The molecule has 2 aromatic rings. The van der Waals surface area contributed by atoms with E-state index in [1.54, 1.807) is 6.33 Å². The van der Waals surface area contributed by atoms with Crippen LogP contribution in [-0.2, 0) is 6.42 Å². The van der Waals surface area contributed by atoms with Crippen LogP contribution in [0.15, 0.2) is 12.7 Å². The van der Waals surface area contributed by atoms with Crippen LogP contribution in [0.4, 0.5) is 5.82 Å². The van der Waals surface area contributed by atoms with Crippen molar-refractivity contribution in [3.05, 3.63) is 29.6 Å². The van der Waals surface area contributed by atoms with Crippen LogP contribution < -0.4 is 5.32 Å². The van der Waals surface area contributed by atoms with E-state index in [2.05, 4.69) is 45.6 Å². The van der Waals surface area contributed by atoms with Gasteiger partial charge in [0.1, 0.15) is 24.3 Å². The first-order valence-corrected chi connectivity index (χ1v) is 7.27. The van der Waals surface area contributed by atoms with Crippen LogP contribution in [0.2, 0.25) is 0 Å². The van der Waals surface area contributed by atoms with E-state index < -0.39 is 0 Å². The molecule has 1 N–H and O–H groups in total. The fourth-order valence-electron chi connectivity index (χ4n) is 2.20. The number of aryl methyl sites for hydroxylation is 1. The van der Waals surface area contributed by atoms with Crippen LogP contribution in [0.5, 0.6) is 0 Å².